The molecule has 3 N–H and O–H groups in total. The number of carbonyl (C=O) groups excluding carboxylic acids is 2. The van der Waals surface area contributed by atoms with Crippen molar-refractivity contribution in [3.8, 4) is 0 Å². The van der Waals surface area contributed by atoms with E-state index in [0.29, 0.717) is 30.9 Å². The minimum atomic E-state index is -0.383. The van der Waals surface area contributed by atoms with Gasteiger partial charge in [0, 0.05) is 30.3 Å². The molecule has 0 spiro atoms. The molecular weight excluding hydrogens is 405 g/mol. The van der Waals surface area contributed by atoms with Crippen molar-refractivity contribution < 1.29 is 14.0 Å². The molecule has 0 aliphatic heterocycles. The number of rotatable bonds is 8. The molecular formula is C26H34FN3O2. The summed E-state index contributed by atoms with van der Waals surface area (Å²) in [6.45, 7) is 5.71. The van der Waals surface area contributed by atoms with Crippen LogP contribution in [0.4, 0.5) is 10.1 Å². The molecule has 0 heterocycles. The van der Waals surface area contributed by atoms with Crippen molar-refractivity contribution in [2.45, 2.75) is 52.5 Å². The smallest absolute Gasteiger partial charge is 0.255 e. The Bertz CT molecular complexity index is 921. The quantitative estimate of drug-likeness (QED) is 0.610. The number of benzene rings is 2. The zero-order valence-corrected chi connectivity index (χ0v) is 19.1. The fraction of sp³-hybridized carbons (Fsp3) is 0.462. The molecule has 2 aromatic rings. The van der Waals surface area contributed by atoms with Crippen LogP contribution in [-0.4, -0.2) is 29.8 Å². The lowest BCUT2D eigenvalue weighted by atomic mass is 9.86. The summed E-state index contributed by atoms with van der Waals surface area (Å²) >= 11 is 0. The predicted octanol–water partition coefficient (Wildman–Crippen LogP) is 4.97. The summed E-state index contributed by atoms with van der Waals surface area (Å²) in [5.41, 5.74) is 7.75. The second kappa shape index (κ2) is 10.7. The van der Waals surface area contributed by atoms with E-state index >= 15 is 0 Å². The van der Waals surface area contributed by atoms with Gasteiger partial charge in [0.25, 0.3) is 5.91 Å². The summed E-state index contributed by atoms with van der Waals surface area (Å²) < 4.78 is 13.1. The second-order valence-electron chi connectivity index (χ2n) is 9.56. The molecule has 5 nitrogen and oxygen atoms in total. The van der Waals surface area contributed by atoms with E-state index in [2.05, 4.69) is 19.2 Å². The Morgan fingerprint density at radius 3 is 2.44 bits per heavy atom. The van der Waals surface area contributed by atoms with Crippen LogP contribution in [0.5, 0.6) is 0 Å². The van der Waals surface area contributed by atoms with Gasteiger partial charge in [0.1, 0.15) is 5.82 Å². The molecule has 2 aromatic carbocycles. The van der Waals surface area contributed by atoms with Crippen molar-refractivity contribution in [2.75, 3.05) is 18.4 Å². The highest BCUT2D eigenvalue weighted by molar-refractivity contribution is 6.04. The number of hydrogen-bond acceptors (Lipinski definition) is 3. The third-order valence-electron chi connectivity index (χ3n) is 6.10. The van der Waals surface area contributed by atoms with Gasteiger partial charge >= 0.3 is 0 Å². The lowest BCUT2D eigenvalue weighted by Gasteiger charge is -2.35. The molecule has 6 heteroatoms. The molecule has 172 valence electrons. The molecule has 0 saturated heterocycles. The van der Waals surface area contributed by atoms with E-state index < -0.39 is 0 Å². The van der Waals surface area contributed by atoms with Gasteiger partial charge in [-0.15, -0.1) is 0 Å². The third kappa shape index (κ3) is 6.63. The normalized spacial score (nSPS) is 14.8. The lowest BCUT2D eigenvalue weighted by molar-refractivity contribution is -0.138. The van der Waals surface area contributed by atoms with Crippen LogP contribution < -0.4 is 11.1 Å². The molecule has 1 aliphatic rings. The van der Waals surface area contributed by atoms with Crippen molar-refractivity contribution >= 4 is 17.5 Å². The topological polar surface area (TPSA) is 75.4 Å². The maximum absolute atomic E-state index is 13.4. The average molecular weight is 440 g/mol. The van der Waals surface area contributed by atoms with Gasteiger partial charge in [-0.3, -0.25) is 9.59 Å². The minimum absolute atomic E-state index is 0.0821. The Morgan fingerprint density at radius 2 is 1.78 bits per heavy atom. The van der Waals surface area contributed by atoms with Gasteiger partial charge in [0.2, 0.25) is 5.91 Å². The maximum atomic E-state index is 13.4. The van der Waals surface area contributed by atoms with Crippen molar-refractivity contribution in [1.29, 1.82) is 0 Å². The number of halogens is 1. The van der Waals surface area contributed by atoms with Crippen LogP contribution in [0.1, 0.15) is 61.9 Å². The van der Waals surface area contributed by atoms with E-state index in [-0.39, 0.29) is 29.0 Å². The van der Waals surface area contributed by atoms with Crippen molar-refractivity contribution in [3.05, 3.63) is 65.5 Å². The summed E-state index contributed by atoms with van der Waals surface area (Å²) in [6.07, 6.45) is 5.32. The van der Waals surface area contributed by atoms with Crippen LogP contribution in [0.3, 0.4) is 0 Å². The van der Waals surface area contributed by atoms with Crippen LogP contribution >= 0.6 is 0 Å². The molecule has 1 aliphatic carbocycles. The lowest BCUT2D eigenvalue weighted by Crippen LogP contribution is -2.44. The first-order valence-corrected chi connectivity index (χ1v) is 11.4. The minimum Gasteiger partial charge on any atom is -0.338 e. The van der Waals surface area contributed by atoms with E-state index in [1.165, 1.54) is 30.7 Å². The largest absolute Gasteiger partial charge is 0.338 e. The summed E-state index contributed by atoms with van der Waals surface area (Å²) in [5, 5.41) is 2.86. The fourth-order valence-electron chi connectivity index (χ4n) is 4.17. The highest BCUT2D eigenvalue weighted by Crippen LogP contribution is 2.28. The number of nitrogens with zero attached hydrogens (tertiary/aromatic N) is 1. The highest BCUT2D eigenvalue weighted by atomic mass is 19.1. The van der Waals surface area contributed by atoms with Gasteiger partial charge in [0.05, 0.1) is 0 Å². The average Bonchev–Trinajstić information content (AvgIpc) is 2.79. The number of amides is 2. The van der Waals surface area contributed by atoms with Crippen LogP contribution in [0.15, 0.2) is 48.5 Å². The second-order valence-corrected chi connectivity index (χ2v) is 9.56. The zero-order valence-electron chi connectivity index (χ0n) is 19.1. The van der Waals surface area contributed by atoms with Crippen LogP contribution in [0.25, 0.3) is 0 Å². The van der Waals surface area contributed by atoms with Gasteiger partial charge in [0.15, 0.2) is 0 Å². The van der Waals surface area contributed by atoms with Gasteiger partial charge < -0.3 is 16.0 Å². The maximum Gasteiger partial charge on any atom is 0.255 e. The van der Waals surface area contributed by atoms with Crippen molar-refractivity contribution in [2.24, 2.45) is 17.1 Å². The van der Waals surface area contributed by atoms with Crippen LogP contribution in [0.2, 0.25) is 0 Å². The zero-order chi connectivity index (χ0) is 23.1. The number of hydrogen-bond donors (Lipinski definition) is 2. The first-order chi connectivity index (χ1) is 15.3. The number of carbonyl (C=O) groups is 2. The van der Waals surface area contributed by atoms with E-state index in [9.17, 15) is 14.0 Å². The predicted molar refractivity (Wildman–Crippen MR) is 126 cm³/mol. The van der Waals surface area contributed by atoms with Crippen molar-refractivity contribution in [3.63, 3.8) is 0 Å². The Labute approximate surface area is 190 Å². The first-order valence-electron chi connectivity index (χ1n) is 11.4. The molecule has 0 atom stereocenters. The molecule has 1 fully saturated rings. The molecule has 32 heavy (non-hydrogen) atoms. The SMILES string of the molecule is CC(C)(CN)CN(Cc1cccc(NC(=O)c2ccc(F)cc2)c1)C(=O)C1CCCCC1. The summed E-state index contributed by atoms with van der Waals surface area (Å²) in [4.78, 5) is 27.8. The summed E-state index contributed by atoms with van der Waals surface area (Å²) in [7, 11) is 0. The van der Waals surface area contributed by atoms with E-state index in [1.807, 2.05) is 29.2 Å². The standard InChI is InChI=1S/C26H34FN3O2/c1-26(2,17-28)18-30(25(32)21-8-4-3-5-9-21)16-19-7-6-10-23(15-19)29-24(31)20-11-13-22(27)14-12-20/h6-7,10-15,21H,3-5,8-9,16-18,28H2,1-2H3,(H,29,31). The van der Waals surface area contributed by atoms with Crippen LogP contribution in [-0.2, 0) is 11.3 Å². The number of nitrogens with two attached hydrogens (primary N) is 1. The van der Waals surface area contributed by atoms with Gasteiger partial charge in [-0.25, -0.2) is 4.39 Å². The summed E-state index contributed by atoms with van der Waals surface area (Å²) in [5.74, 6) is -0.404. The molecule has 0 unspecified atom stereocenters. The number of nitrogens with one attached hydrogen (secondary N) is 1. The number of anilines is 1. The monoisotopic (exact) mass is 439 g/mol. The van der Waals surface area contributed by atoms with E-state index in [4.69, 9.17) is 5.73 Å². The molecule has 0 radical (unpaired) electrons. The molecule has 0 aromatic heterocycles. The van der Waals surface area contributed by atoms with Gasteiger partial charge in [-0.2, -0.15) is 0 Å². The van der Waals surface area contributed by atoms with Crippen molar-refractivity contribution in [1.82, 2.24) is 4.90 Å². The first kappa shape index (κ1) is 23.9. The molecule has 1 saturated carbocycles. The Morgan fingerprint density at radius 1 is 1.09 bits per heavy atom. The van der Waals surface area contributed by atoms with Gasteiger partial charge in [-0.1, -0.05) is 45.2 Å². The molecule has 0 bridgehead atoms. The van der Waals surface area contributed by atoms with Gasteiger partial charge in [-0.05, 0) is 66.8 Å². The third-order valence-corrected chi connectivity index (χ3v) is 6.10. The van der Waals surface area contributed by atoms with E-state index in [0.717, 1.165) is 31.2 Å². The van der Waals surface area contributed by atoms with E-state index in [1.54, 1.807) is 0 Å². The highest BCUT2D eigenvalue weighted by Gasteiger charge is 2.30. The fourth-order valence-corrected chi connectivity index (χ4v) is 4.17. The molecule has 2 amide bonds. The molecule has 3 rings (SSSR count). The van der Waals surface area contributed by atoms with Crippen LogP contribution in [0, 0.1) is 17.2 Å². The Hall–Kier alpha value is -2.73. The summed E-state index contributed by atoms with van der Waals surface area (Å²) in [6, 6.07) is 13.0. The Kier molecular flexibility index (Phi) is 8.02. The Balaban J connectivity index is 1.74.